The summed E-state index contributed by atoms with van der Waals surface area (Å²) in [5.74, 6) is 1.18. The van der Waals surface area contributed by atoms with Gasteiger partial charge in [0.05, 0.1) is 5.69 Å². The minimum Gasteiger partial charge on any atom is -0.361 e. The summed E-state index contributed by atoms with van der Waals surface area (Å²) in [6, 6.07) is 8.68. The van der Waals surface area contributed by atoms with Gasteiger partial charge in [-0.3, -0.25) is 9.88 Å². The van der Waals surface area contributed by atoms with Gasteiger partial charge in [-0.2, -0.15) is 0 Å². The van der Waals surface area contributed by atoms with Crippen LogP contribution in [0.15, 0.2) is 49.1 Å². The highest BCUT2D eigenvalue weighted by molar-refractivity contribution is 5.82. The molecule has 1 unspecified atom stereocenters. The van der Waals surface area contributed by atoms with E-state index in [9.17, 15) is 0 Å². The van der Waals surface area contributed by atoms with E-state index in [0.29, 0.717) is 5.92 Å². The third-order valence-electron chi connectivity index (χ3n) is 5.63. The number of hydrogen-bond acceptors (Lipinski definition) is 4. The summed E-state index contributed by atoms with van der Waals surface area (Å²) in [4.78, 5) is 23.0. The van der Waals surface area contributed by atoms with Gasteiger partial charge in [0, 0.05) is 60.4 Å². The number of H-pyrrole nitrogens is 2. The van der Waals surface area contributed by atoms with Crippen molar-refractivity contribution in [1.29, 1.82) is 0 Å². The van der Waals surface area contributed by atoms with Crippen LogP contribution in [0.4, 0.5) is 0 Å². The lowest BCUT2D eigenvalue weighted by Crippen LogP contribution is -2.34. The van der Waals surface area contributed by atoms with Crippen molar-refractivity contribution in [3.8, 4) is 11.5 Å². The van der Waals surface area contributed by atoms with Crippen molar-refractivity contribution in [2.24, 2.45) is 0 Å². The van der Waals surface area contributed by atoms with Crippen LogP contribution >= 0.6 is 0 Å². The SMILES string of the molecule is Cc1cnc(-c2nccnc2C2CCCN(Cc3cccc4[nH]ccc34)C2)[nH]1. The van der Waals surface area contributed by atoms with E-state index >= 15 is 0 Å². The minimum atomic E-state index is 0.369. The molecule has 0 bridgehead atoms. The predicted molar refractivity (Wildman–Crippen MR) is 110 cm³/mol. The second-order valence-corrected chi connectivity index (χ2v) is 7.64. The fourth-order valence-corrected chi connectivity index (χ4v) is 4.31. The molecule has 3 aromatic heterocycles. The Morgan fingerprint density at radius 2 is 2.07 bits per heavy atom. The topological polar surface area (TPSA) is 73.5 Å². The standard InChI is InChI=1S/C22H24N6/c1-15-12-26-22(27-15)21-20(24-9-10-25-21)17-5-3-11-28(14-17)13-16-4-2-6-19-18(16)7-8-23-19/h2,4,6-10,12,17,23H,3,5,11,13-14H2,1H3,(H,26,27). The highest BCUT2D eigenvalue weighted by Crippen LogP contribution is 2.31. The lowest BCUT2D eigenvalue weighted by Gasteiger charge is -2.33. The largest absolute Gasteiger partial charge is 0.361 e. The average Bonchev–Trinajstić information content (AvgIpc) is 3.38. The van der Waals surface area contributed by atoms with Crippen molar-refractivity contribution in [2.45, 2.75) is 32.2 Å². The van der Waals surface area contributed by atoms with E-state index in [0.717, 1.165) is 49.0 Å². The number of hydrogen-bond donors (Lipinski definition) is 2. The Kier molecular flexibility index (Phi) is 4.41. The molecule has 6 nitrogen and oxygen atoms in total. The molecule has 1 aromatic carbocycles. The number of fused-ring (bicyclic) bond motifs is 1. The first-order valence-corrected chi connectivity index (χ1v) is 9.88. The molecular formula is C22H24N6. The molecule has 0 aliphatic carbocycles. The number of nitrogens with one attached hydrogen (secondary N) is 2. The Morgan fingerprint density at radius 3 is 2.96 bits per heavy atom. The van der Waals surface area contributed by atoms with E-state index in [-0.39, 0.29) is 0 Å². The maximum Gasteiger partial charge on any atom is 0.158 e. The lowest BCUT2D eigenvalue weighted by atomic mass is 9.92. The van der Waals surface area contributed by atoms with Crippen LogP contribution in [0, 0.1) is 6.92 Å². The normalized spacial score (nSPS) is 18.0. The molecule has 1 fully saturated rings. The van der Waals surface area contributed by atoms with E-state index in [1.807, 2.05) is 19.3 Å². The summed E-state index contributed by atoms with van der Waals surface area (Å²) in [5.41, 5.74) is 5.56. The van der Waals surface area contributed by atoms with Gasteiger partial charge in [0.15, 0.2) is 5.82 Å². The molecule has 4 heterocycles. The fraction of sp³-hybridized carbons (Fsp3) is 0.318. The van der Waals surface area contributed by atoms with Gasteiger partial charge in [0.25, 0.3) is 0 Å². The first kappa shape index (κ1) is 17.1. The zero-order valence-corrected chi connectivity index (χ0v) is 16.0. The van der Waals surface area contributed by atoms with Crippen molar-refractivity contribution in [3.63, 3.8) is 0 Å². The molecule has 6 heteroatoms. The molecule has 0 radical (unpaired) electrons. The summed E-state index contributed by atoms with van der Waals surface area (Å²) in [6.07, 6.45) is 9.72. The van der Waals surface area contributed by atoms with Gasteiger partial charge < -0.3 is 9.97 Å². The number of likely N-dealkylation sites (tertiary alicyclic amines) is 1. The van der Waals surface area contributed by atoms with Gasteiger partial charge in [0.1, 0.15) is 5.69 Å². The molecule has 0 amide bonds. The molecule has 1 aliphatic rings. The van der Waals surface area contributed by atoms with Gasteiger partial charge in [-0.25, -0.2) is 9.97 Å². The molecule has 5 rings (SSSR count). The van der Waals surface area contributed by atoms with E-state index in [1.54, 1.807) is 12.4 Å². The van der Waals surface area contributed by atoms with Crippen LogP contribution in [0.2, 0.25) is 0 Å². The number of piperidine rings is 1. The van der Waals surface area contributed by atoms with Crippen molar-refractivity contribution in [2.75, 3.05) is 13.1 Å². The van der Waals surface area contributed by atoms with Crippen LogP contribution in [0.3, 0.4) is 0 Å². The molecule has 0 spiro atoms. The third-order valence-corrected chi connectivity index (χ3v) is 5.63. The zero-order valence-electron chi connectivity index (χ0n) is 16.0. The first-order chi connectivity index (χ1) is 13.8. The summed E-state index contributed by atoms with van der Waals surface area (Å²) in [7, 11) is 0. The smallest absolute Gasteiger partial charge is 0.158 e. The summed E-state index contributed by atoms with van der Waals surface area (Å²) in [6.45, 7) is 5.08. The van der Waals surface area contributed by atoms with Crippen molar-refractivity contribution in [3.05, 3.63) is 66.0 Å². The lowest BCUT2D eigenvalue weighted by molar-refractivity contribution is 0.199. The van der Waals surface area contributed by atoms with Gasteiger partial charge in [-0.15, -0.1) is 0 Å². The molecule has 4 aromatic rings. The second-order valence-electron chi connectivity index (χ2n) is 7.64. The number of nitrogens with zero attached hydrogens (tertiary/aromatic N) is 4. The Hall–Kier alpha value is -2.99. The maximum absolute atomic E-state index is 4.72. The third kappa shape index (κ3) is 3.20. The molecule has 2 N–H and O–H groups in total. The Morgan fingerprint density at radius 1 is 1.14 bits per heavy atom. The average molecular weight is 372 g/mol. The highest BCUT2D eigenvalue weighted by Gasteiger charge is 2.26. The summed E-state index contributed by atoms with van der Waals surface area (Å²) in [5, 5.41) is 1.32. The van der Waals surface area contributed by atoms with E-state index < -0.39 is 0 Å². The van der Waals surface area contributed by atoms with Crippen molar-refractivity contribution < 1.29 is 0 Å². The van der Waals surface area contributed by atoms with Gasteiger partial charge in [-0.1, -0.05) is 12.1 Å². The molecule has 1 atom stereocenters. The van der Waals surface area contributed by atoms with Crippen molar-refractivity contribution >= 4 is 10.9 Å². The second kappa shape index (κ2) is 7.20. The van der Waals surface area contributed by atoms with Gasteiger partial charge >= 0.3 is 0 Å². The molecule has 28 heavy (non-hydrogen) atoms. The number of aryl methyl sites for hydroxylation is 1. The maximum atomic E-state index is 4.72. The number of rotatable bonds is 4. The monoisotopic (exact) mass is 372 g/mol. The predicted octanol–water partition coefficient (Wildman–Crippen LogP) is 4.04. The van der Waals surface area contributed by atoms with Crippen LogP contribution in [0.1, 0.15) is 35.7 Å². The minimum absolute atomic E-state index is 0.369. The number of aromatic nitrogens is 5. The number of benzene rings is 1. The fourth-order valence-electron chi connectivity index (χ4n) is 4.31. The van der Waals surface area contributed by atoms with E-state index in [1.165, 1.54) is 22.9 Å². The van der Waals surface area contributed by atoms with Crippen LogP contribution in [-0.4, -0.2) is 42.9 Å². The van der Waals surface area contributed by atoms with Gasteiger partial charge in [0.2, 0.25) is 0 Å². The quantitative estimate of drug-likeness (QED) is 0.567. The van der Waals surface area contributed by atoms with Crippen molar-refractivity contribution in [1.82, 2.24) is 29.8 Å². The highest BCUT2D eigenvalue weighted by atomic mass is 15.1. The number of aromatic amines is 2. The molecule has 142 valence electrons. The molecule has 0 saturated carbocycles. The Balaban J connectivity index is 1.40. The molecule has 1 aliphatic heterocycles. The first-order valence-electron chi connectivity index (χ1n) is 9.88. The van der Waals surface area contributed by atoms with Crippen LogP contribution < -0.4 is 0 Å². The molecule has 1 saturated heterocycles. The Labute approximate surface area is 164 Å². The summed E-state index contributed by atoms with van der Waals surface area (Å²) < 4.78 is 0. The van der Waals surface area contributed by atoms with Crippen LogP contribution in [-0.2, 0) is 6.54 Å². The van der Waals surface area contributed by atoms with Crippen LogP contribution in [0.5, 0.6) is 0 Å². The Bertz CT molecular complexity index is 1100. The van der Waals surface area contributed by atoms with E-state index in [2.05, 4.69) is 49.1 Å². The molecular weight excluding hydrogens is 348 g/mol. The zero-order chi connectivity index (χ0) is 18.9. The van der Waals surface area contributed by atoms with E-state index in [4.69, 9.17) is 4.98 Å². The van der Waals surface area contributed by atoms with Gasteiger partial charge in [-0.05, 0) is 44.0 Å². The van der Waals surface area contributed by atoms with Crippen LogP contribution in [0.25, 0.3) is 22.4 Å². The summed E-state index contributed by atoms with van der Waals surface area (Å²) >= 11 is 0. The number of imidazole rings is 1.